The third-order valence-corrected chi connectivity index (χ3v) is 3.02. The molecule has 1 aromatic heterocycles. The molecule has 3 nitrogen and oxygen atoms in total. The summed E-state index contributed by atoms with van der Waals surface area (Å²) in [6, 6.07) is 0. The number of hydrogen-bond donors (Lipinski definition) is 1. The van der Waals surface area contributed by atoms with Gasteiger partial charge >= 0.3 is 0 Å². The Morgan fingerprint density at radius 2 is 2.12 bits per heavy atom. The van der Waals surface area contributed by atoms with E-state index < -0.39 is 0 Å². The lowest BCUT2D eigenvalue weighted by atomic mass is 9.92. The van der Waals surface area contributed by atoms with Gasteiger partial charge < -0.3 is 5.32 Å². The molecule has 0 aromatic carbocycles. The lowest BCUT2D eigenvalue weighted by molar-refractivity contribution is 0.388. The molecule has 98 valence electrons. The predicted octanol–water partition coefficient (Wildman–Crippen LogP) is 2.72. The number of aromatic nitrogens is 2. The Morgan fingerprint density at radius 1 is 1.35 bits per heavy atom. The summed E-state index contributed by atoms with van der Waals surface area (Å²) in [5.74, 6) is 1.49. The fourth-order valence-electron chi connectivity index (χ4n) is 2.27. The highest BCUT2D eigenvalue weighted by Gasteiger charge is 2.12. The van der Waals surface area contributed by atoms with E-state index in [9.17, 15) is 0 Å². The summed E-state index contributed by atoms with van der Waals surface area (Å²) in [5, 5.41) is 7.81. The molecule has 0 aliphatic heterocycles. The van der Waals surface area contributed by atoms with Crippen LogP contribution in [0, 0.1) is 11.8 Å². The van der Waals surface area contributed by atoms with Crippen LogP contribution >= 0.6 is 0 Å². The van der Waals surface area contributed by atoms with E-state index in [0.29, 0.717) is 0 Å². The molecule has 0 bridgehead atoms. The van der Waals surface area contributed by atoms with Crippen LogP contribution in [0.4, 0.5) is 0 Å². The van der Waals surface area contributed by atoms with Crippen molar-refractivity contribution in [3.63, 3.8) is 0 Å². The largest absolute Gasteiger partial charge is 0.317 e. The number of nitrogens with zero attached hydrogens (tertiary/aromatic N) is 2. The van der Waals surface area contributed by atoms with Crippen LogP contribution in [0.2, 0.25) is 0 Å². The Balaban J connectivity index is 2.51. The molecule has 0 saturated carbocycles. The molecule has 0 aliphatic rings. The van der Waals surface area contributed by atoms with Gasteiger partial charge in [-0.1, -0.05) is 20.8 Å². The molecule has 0 radical (unpaired) electrons. The predicted molar refractivity (Wildman–Crippen MR) is 73.1 cm³/mol. The van der Waals surface area contributed by atoms with Crippen LogP contribution in [0.15, 0.2) is 12.4 Å². The molecule has 1 heterocycles. The van der Waals surface area contributed by atoms with Crippen LogP contribution in [0.3, 0.4) is 0 Å². The molecule has 0 fully saturated rings. The highest BCUT2D eigenvalue weighted by atomic mass is 15.3. The summed E-state index contributed by atoms with van der Waals surface area (Å²) in [4.78, 5) is 0. The first-order valence-corrected chi connectivity index (χ1v) is 6.87. The summed E-state index contributed by atoms with van der Waals surface area (Å²) in [6.45, 7) is 12.0. The maximum Gasteiger partial charge on any atom is 0.0521 e. The highest BCUT2D eigenvalue weighted by Crippen LogP contribution is 2.16. The average Bonchev–Trinajstić information content (AvgIpc) is 2.73. The number of nitrogens with one attached hydrogen (secondary N) is 1. The van der Waals surface area contributed by atoms with Gasteiger partial charge in [0, 0.05) is 12.7 Å². The maximum atomic E-state index is 4.34. The van der Waals surface area contributed by atoms with Gasteiger partial charge in [0.2, 0.25) is 0 Å². The summed E-state index contributed by atoms with van der Waals surface area (Å²) in [7, 11) is 0. The van der Waals surface area contributed by atoms with Crippen molar-refractivity contribution in [2.24, 2.45) is 11.8 Å². The van der Waals surface area contributed by atoms with Gasteiger partial charge in [-0.05, 0) is 50.3 Å². The van der Waals surface area contributed by atoms with Crippen LogP contribution in [-0.4, -0.2) is 22.9 Å². The van der Waals surface area contributed by atoms with Gasteiger partial charge in [-0.2, -0.15) is 5.10 Å². The van der Waals surface area contributed by atoms with Gasteiger partial charge in [0.1, 0.15) is 0 Å². The van der Waals surface area contributed by atoms with Crippen LogP contribution in [0.25, 0.3) is 0 Å². The Morgan fingerprint density at radius 3 is 2.65 bits per heavy atom. The quantitative estimate of drug-likeness (QED) is 0.753. The number of rotatable bonds is 8. The van der Waals surface area contributed by atoms with Crippen molar-refractivity contribution in [2.75, 3.05) is 13.1 Å². The van der Waals surface area contributed by atoms with E-state index in [2.05, 4.69) is 44.3 Å². The Labute approximate surface area is 106 Å². The smallest absolute Gasteiger partial charge is 0.0521 e. The van der Waals surface area contributed by atoms with Gasteiger partial charge in [0.05, 0.1) is 6.20 Å². The van der Waals surface area contributed by atoms with Crippen LogP contribution in [0.1, 0.15) is 39.7 Å². The van der Waals surface area contributed by atoms with E-state index in [1.165, 1.54) is 12.0 Å². The maximum absolute atomic E-state index is 4.34. The van der Waals surface area contributed by atoms with Gasteiger partial charge in [0.25, 0.3) is 0 Å². The molecule has 1 rings (SSSR count). The monoisotopic (exact) mass is 237 g/mol. The highest BCUT2D eigenvalue weighted by molar-refractivity contribution is 5.05. The SMILES string of the molecule is CCNCC(Cc1cnn(CC)c1)CC(C)C. The van der Waals surface area contributed by atoms with Crippen molar-refractivity contribution in [1.29, 1.82) is 0 Å². The third-order valence-electron chi connectivity index (χ3n) is 3.02. The fourth-order valence-corrected chi connectivity index (χ4v) is 2.27. The topological polar surface area (TPSA) is 29.9 Å². The van der Waals surface area contributed by atoms with E-state index in [-0.39, 0.29) is 0 Å². The van der Waals surface area contributed by atoms with Crippen LogP contribution < -0.4 is 5.32 Å². The zero-order valence-electron chi connectivity index (χ0n) is 11.7. The lowest BCUT2D eigenvalue weighted by Crippen LogP contribution is -2.25. The summed E-state index contributed by atoms with van der Waals surface area (Å²) in [6.07, 6.45) is 6.62. The molecule has 1 unspecified atom stereocenters. The first-order chi connectivity index (χ1) is 8.15. The van der Waals surface area contributed by atoms with E-state index in [4.69, 9.17) is 0 Å². The zero-order chi connectivity index (χ0) is 12.7. The summed E-state index contributed by atoms with van der Waals surface area (Å²) < 4.78 is 2.01. The average molecular weight is 237 g/mol. The Kier molecular flexibility index (Phi) is 6.27. The fraction of sp³-hybridized carbons (Fsp3) is 0.786. The molecule has 3 heteroatoms. The molecule has 1 aromatic rings. The standard InChI is InChI=1S/C14H27N3/c1-5-15-9-13(7-12(3)4)8-14-10-16-17(6-2)11-14/h10-13,15H,5-9H2,1-4H3. The Hall–Kier alpha value is -0.830. The molecule has 0 aliphatic carbocycles. The van der Waals surface area contributed by atoms with Crippen molar-refractivity contribution in [3.8, 4) is 0 Å². The minimum Gasteiger partial charge on any atom is -0.317 e. The van der Waals surface area contributed by atoms with Gasteiger partial charge in [-0.15, -0.1) is 0 Å². The Bertz CT molecular complexity index is 304. The number of hydrogen-bond acceptors (Lipinski definition) is 2. The minimum atomic E-state index is 0.726. The molecule has 0 amide bonds. The van der Waals surface area contributed by atoms with E-state index in [1.54, 1.807) is 0 Å². The molecule has 0 spiro atoms. The minimum absolute atomic E-state index is 0.726. The normalized spacial score (nSPS) is 13.2. The van der Waals surface area contributed by atoms with E-state index in [0.717, 1.165) is 37.9 Å². The second-order valence-corrected chi connectivity index (χ2v) is 5.21. The molecular formula is C14H27N3. The molecule has 1 N–H and O–H groups in total. The molecule has 1 atom stereocenters. The van der Waals surface area contributed by atoms with Crippen LogP contribution in [-0.2, 0) is 13.0 Å². The van der Waals surface area contributed by atoms with Crippen molar-refractivity contribution in [2.45, 2.75) is 47.1 Å². The summed E-state index contributed by atoms with van der Waals surface area (Å²) >= 11 is 0. The second kappa shape index (κ2) is 7.49. The first-order valence-electron chi connectivity index (χ1n) is 6.87. The van der Waals surface area contributed by atoms with Crippen molar-refractivity contribution in [1.82, 2.24) is 15.1 Å². The molecular weight excluding hydrogens is 210 g/mol. The van der Waals surface area contributed by atoms with Crippen LogP contribution in [0.5, 0.6) is 0 Å². The van der Waals surface area contributed by atoms with E-state index >= 15 is 0 Å². The molecule has 17 heavy (non-hydrogen) atoms. The third kappa shape index (κ3) is 5.35. The second-order valence-electron chi connectivity index (χ2n) is 5.21. The van der Waals surface area contributed by atoms with Gasteiger partial charge in [-0.3, -0.25) is 4.68 Å². The number of aryl methyl sites for hydroxylation is 1. The zero-order valence-corrected chi connectivity index (χ0v) is 11.7. The lowest BCUT2D eigenvalue weighted by Gasteiger charge is -2.18. The van der Waals surface area contributed by atoms with E-state index in [1.807, 2.05) is 10.9 Å². The molecule has 0 saturated heterocycles. The first kappa shape index (κ1) is 14.2. The van der Waals surface area contributed by atoms with Crippen molar-refractivity contribution >= 4 is 0 Å². The summed E-state index contributed by atoms with van der Waals surface area (Å²) in [5.41, 5.74) is 1.37. The van der Waals surface area contributed by atoms with Crippen molar-refractivity contribution < 1.29 is 0 Å². The van der Waals surface area contributed by atoms with Gasteiger partial charge in [0.15, 0.2) is 0 Å². The van der Waals surface area contributed by atoms with Crippen molar-refractivity contribution in [3.05, 3.63) is 18.0 Å². The van der Waals surface area contributed by atoms with Gasteiger partial charge in [-0.25, -0.2) is 0 Å².